The molecule has 0 saturated heterocycles. The zero-order chi connectivity index (χ0) is 13.2. The van der Waals surface area contributed by atoms with E-state index in [1.54, 1.807) is 0 Å². The monoisotopic (exact) mass is 246 g/mol. The lowest BCUT2D eigenvalue weighted by Crippen LogP contribution is -2.41. The molecule has 1 aromatic rings. The number of amides is 1. The summed E-state index contributed by atoms with van der Waals surface area (Å²) in [6, 6.07) is 7.83. The highest BCUT2D eigenvalue weighted by atomic mass is 16.1. The van der Waals surface area contributed by atoms with E-state index in [9.17, 15) is 4.79 Å². The molecule has 1 unspecified atom stereocenters. The van der Waals surface area contributed by atoms with E-state index in [0.29, 0.717) is 12.1 Å². The molecular formula is C15H22N2O. The molecule has 0 aliphatic heterocycles. The van der Waals surface area contributed by atoms with Crippen molar-refractivity contribution >= 4 is 5.91 Å². The zero-order valence-electron chi connectivity index (χ0n) is 11.2. The first kappa shape index (κ1) is 13.1. The quantitative estimate of drug-likeness (QED) is 0.860. The minimum absolute atomic E-state index is 0.0188. The van der Waals surface area contributed by atoms with Crippen LogP contribution in [-0.4, -0.2) is 11.9 Å². The largest absolute Gasteiger partial charge is 0.349 e. The van der Waals surface area contributed by atoms with Crippen LogP contribution in [0.25, 0.3) is 0 Å². The molecular weight excluding hydrogens is 224 g/mol. The molecule has 1 saturated carbocycles. The Balaban J connectivity index is 2.07. The highest BCUT2D eigenvalue weighted by Gasteiger charge is 2.35. The minimum Gasteiger partial charge on any atom is -0.349 e. The Morgan fingerprint density at radius 1 is 1.50 bits per heavy atom. The van der Waals surface area contributed by atoms with Crippen LogP contribution < -0.4 is 11.1 Å². The zero-order valence-corrected chi connectivity index (χ0v) is 11.2. The molecule has 0 bridgehead atoms. The van der Waals surface area contributed by atoms with Crippen molar-refractivity contribution in [2.24, 2.45) is 11.1 Å². The Morgan fingerprint density at radius 2 is 2.28 bits per heavy atom. The van der Waals surface area contributed by atoms with Gasteiger partial charge in [0.25, 0.3) is 5.91 Å². The highest BCUT2D eigenvalue weighted by molar-refractivity contribution is 5.94. The lowest BCUT2D eigenvalue weighted by atomic mass is 9.87. The first-order chi connectivity index (χ1) is 8.53. The maximum Gasteiger partial charge on any atom is 0.251 e. The molecule has 1 fully saturated rings. The molecule has 98 valence electrons. The molecule has 0 radical (unpaired) electrons. The fraction of sp³-hybridized carbons (Fsp3) is 0.533. The third-order valence-electron chi connectivity index (χ3n) is 3.99. The van der Waals surface area contributed by atoms with Gasteiger partial charge in [0.1, 0.15) is 0 Å². The predicted octanol–water partition coefficient (Wildman–Crippen LogP) is 2.45. The summed E-state index contributed by atoms with van der Waals surface area (Å²) in [5.74, 6) is 0.0188. The van der Waals surface area contributed by atoms with Gasteiger partial charge in [-0.3, -0.25) is 4.79 Å². The van der Waals surface area contributed by atoms with Crippen LogP contribution in [0.3, 0.4) is 0 Å². The number of carbonyl (C=O) groups excluding carboxylic acids is 1. The molecule has 1 atom stereocenters. The van der Waals surface area contributed by atoms with Gasteiger partial charge in [0.15, 0.2) is 0 Å². The van der Waals surface area contributed by atoms with Crippen LogP contribution in [0.2, 0.25) is 0 Å². The molecule has 3 heteroatoms. The summed E-state index contributed by atoms with van der Waals surface area (Å²) < 4.78 is 0. The van der Waals surface area contributed by atoms with Gasteiger partial charge in [-0.05, 0) is 36.0 Å². The molecule has 0 heterocycles. The van der Waals surface area contributed by atoms with Gasteiger partial charge < -0.3 is 11.1 Å². The van der Waals surface area contributed by atoms with Gasteiger partial charge in [0.05, 0.1) is 0 Å². The molecule has 3 nitrogen and oxygen atoms in total. The van der Waals surface area contributed by atoms with Crippen molar-refractivity contribution in [2.45, 2.75) is 45.7 Å². The Kier molecular flexibility index (Phi) is 3.71. The molecule has 0 spiro atoms. The van der Waals surface area contributed by atoms with E-state index in [4.69, 9.17) is 5.73 Å². The average Bonchev–Trinajstić information content (AvgIpc) is 2.69. The van der Waals surface area contributed by atoms with Crippen LogP contribution in [0.5, 0.6) is 0 Å². The first-order valence-electron chi connectivity index (χ1n) is 6.63. The predicted molar refractivity (Wildman–Crippen MR) is 73.2 cm³/mol. The first-order valence-corrected chi connectivity index (χ1v) is 6.63. The van der Waals surface area contributed by atoms with E-state index in [1.807, 2.05) is 24.3 Å². The van der Waals surface area contributed by atoms with Crippen molar-refractivity contribution < 1.29 is 4.79 Å². The van der Waals surface area contributed by atoms with E-state index >= 15 is 0 Å². The Morgan fingerprint density at radius 3 is 2.89 bits per heavy atom. The van der Waals surface area contributed by atoms with Gasteiger partial charge in [-0.25, -0.2) is 0 Å². The van der Waals surface area contributed by atoms with Gasteiger partial charge >= 0.3 is 0 Å². The third kappa shape index (κ3) is 2.72. The Hall–Kier alpha value is -1.35. The summed E-state index contributed by atoms with van der Waals surface area (Å²) in [4.78, 5) is 12.2. The second kappa shape index (κ2) is 5.11. The van der Waals surface area contributed by atoms with Crippen molar-refractivity contribution in [2.75, 3.05) is 0 Å². The van der Waals surface area contributed by atoms with Crippen LogP contribution in [0, 0.1) is 5.41 Å². The number of nitrogens with two attached hydrogens (primary N) is 1. The number of hydrogen-bond acceptors (Lipinski definition) is 2. The van der Waals surface area contributed by atoms with Crippen LogP contribution >= 0.6 is 0 Å². The summed E-state index contributed by atoms with van der Waals surface area (Å²) >= 11 is 0. The lowest BCUT2D eigenvalue weighted by molar-refractivity contribution is 0.0910. The number of benzene rings is 1. The molecule has 2 rings (SSSR count). The molecule has 18 heavy (non-hydrogen) atoms. The second-order valence-corrected chi connectivity index (χ2v) is 5.81. The molecule has 1 amide bonds. The van der Waals surface area contributed by atoms with Crippen molar-refractivity contribution in [1.29, 1.82) is 0 Å². The number of carbonyl (C=O) groups is 1. The summed E-state index contributed by atoms with van der Waals surface area (Å²) in [5.41, 5.74) is 7.51. The standard InChI is InChI=1S/C15H22N2O/c1-15(2)8-4-7-13(15)17-14(18)12-6-3-5-11(9-12)10-16/h3,5-6,9,13H,4,7-8,10,16H2,1-2H3,(H,17,18). The molecule has 0 aromatic heterocycles. The van der Waals surface area contributed by atoms with E-state index in [1.165, 1.54) is 12.8 Å². The third-order valence-corrected chi connectivity index (χ3v) is 3.99. The van der Waals surface area contributed by atoms with Crippen molar-refractivity contribution in [3.63, 3.8) is 0 Å². The lowest BCUT2D eigenvalue weighted by Gasteiger charge is -2.27. The van der Waals surface area contributed by atoms with Crippen LogP contribution in [0.4, 0.5) is 0 Å². The molecule has 1 aliphatic rings. The number of nitrogens with one attached hydrogen (secondary N) is 1. The summed E-state index contributed by atoms with van der Waals surface area (Å²) in [6.07, 6.45) is 3.46. The number of rotatable bonds is 3. The Labute approximate surface area is 109 Å². The molecule has 1 aromatic carbocycles. The number of hydrogen-bond donors (Lipinski definition) is 2. The fourth-order valence-electron chi connectivity index (χ4n) is 2.68. The van der Waals surface area contributed by atoms with Crippen LogP contribution in [0.15, 0.2) is 24.3 Å². The van der Waals surface area contributed by atoms with E-state index in [-0.39, 0.29) is 17.4 Å². The topological polar surface area (TPSA) is 55.1 Å². The van der Waals surface area contributed by atoms with Crippen molar-refractivity contribution in [1.82, 2.24) is 5.32 Å². The van der Waals surface area contributed by atoms with Crippen molar-refractivity contribution in [3.05, 3.63) is 35.4 Å². The normalized spacial score (nSPS) is 21.8. The minimum atomic E-state index is 0.0188. The second-order valence-electron chi connectivity index (χ2n) is 5.81. The van der Waals surface area contributed by atoms with Gasteiger partial charge in [-0.1, -0.05) is 32.4 Å². The average molecular weight is 246 g/mol. The SMILES string of the molecule is CC1(C)CCCC1NC(=O)c1cccc(CN)c1. The van der Waals surface area contributed by atoms with Gasteiger partial charge in [-0.15, -0.1) is 0 Å². The van der Waals surface area contributed by atoms with Gasteiger partial charge in [-0.2, -0.15) is 0 Å². The summed E-state index contributed by atoms with van der Waals surface area (Å²) in [5, 5.41) is 3.16. The van der Waals surface area contributed by atoms with Crippen LogP contribution in [0.1, 0.15) is 49.0 Å². The van der Waals surface area contributed by atoms with E-state index < -0.39 is 0 Å². The smallest absolute Gasteiger partial charge is 0.251 e. The van der Waals surface area contributed by atoms with E-state index in [0.717, 1.165) is 12.0 Å². The highest BCUT2D eigenvalue weighted by Crippen LogP contribution is 2.37. The summed E-state index contributed by atoms with van der Waals surface area (Å²) in [6.45, 7) is 4.92. The summed E-state index contributed by atoms with van der Waals surface area (Å²) in [7, 11) is 0. The van der Waals surface area contributed by atoms with E-state index in [2.05, 4.69) is 19.2 Å². The molecule has 3 N–H and O–H groups in total. The maximum atomic E-state index is 12.2. The Bertz CT molecular complexity index is 440. The fourth-order valence-corrected chi connectivity index (χ4v) is 2.68. The molecule has 1 aliphatic carbocycles. The van der Waals surface area contributed by atoms with Gasteiger partial charge in [0.2, 0.25) is 0 Å². The van der Waals surface area contributed by atoms with Crippen LogP contribution in [-0.2, 0) is 6.54 Å². The van der Waals surface area contributed by atoms with Gasteiger partial charge in [0, 0.05) is 18.2 Å². The maximum absolute atomic E-state index is 12.2. The van der Waals surface area contributed by atoms with Crippen molar-refractivity contribution in [3.8, 4) is 0 Å².